The summed E-state index contributed by atoms with van der Waals surface area (Å²) in [5.74, 6) is 0.689. The second-order valence-corrected chi connectivity index (χ2v) is 8.58. The van der Waals surface area contributed by atoms with E-state index in [0.29, 0.717) is 10.0 Å². The van der Waals surface area contributed by atoms with E-state index in [1.54, 1.807) is 0 Å². The summed E-state index contributed by atoms with van der Waals surface area (Å²) < 4.78 is 2.08. The van der Waals surface area contributed by atoms with Gasteiger partial charge in [-0.1, -0.05) is 48.7 Å². The van der Waals surface area contributed by atoms with Gasteiger partial charge in [0.15, 0.2) is 0 Å². The van der Waals surface area contributed by atoms with Gasteiger partial charge in [-0.2, -0.15) is 0 Å². The number of nitrogens with zero attached hydrogens (tertiary/aromatic N) is 3. The summed E-state index contributed by atoms with van der Waals surface area (Å²) in [6.45, 7) is 3.87. The Morgan fingerprint density at radius 1 is 1.03 bits per heavy atom. The van der Waals surface area contributed by atoms with Crippen LogP contribution in [0.5, 0.6) is 0 Å². The lowest BCUT2D eigenvalue weighted by Crippen LogP contribution is -2.45. The van der Waals surface area contributed by atoms with Gasteiger partial charge in [0.05, 0.1) is 17.1 Å². The van der Waals surface area contributed by atoms with E-state index in [4.69, 9.17) is 28.2 Å². The Morgan fingerprint density at radius 2 is 1.74 bits per heavy atom. The standard InChI is InChI=1S/C24H26Cl2N4O/c1-2-22-21(16-23(31)28-29-14-6-3-7-15-29)27-24(19-8-4-5-9-20(19)26)30(22)18-12-10-17(25)11-13-18/h4-5,8-13H,2-3,6-7,14-16H2,1H3,(H,28,31). The number of halogens is 2. The van der Waals surface area contributed by atoms with E-state index in [2.05, 4.69) is 16.9 Å². The first-order valence-electron chi connectivity index (χ1n) is 10.7. The number of imidazole rings is 1. The minimum absolute atomic E-state index is 0.0388. The third-order valence-corrected chi connectivity index (χ3v) is 6.14. The molecule has 0 bridgehead atoms. The lowest BCUT2D eigenvalue weighted by molar-refractivity contribution is -0.125. The molecule has 162 valence electrons. The molecule has 0 atom stereocenters. The van der Waals surface area contributed by atoms with Crippen molar-refractivity contribution in [2.45, 2.75) is 39.0 Å². The van der Waals surface area contributed by atoms with Crippen molar-refractivity contribution in [1.29, 1.82) is 0 Å². The number of hydrogen-bond donors (Lipinski definition) is 1. The minimum atomic E-state index is -0.0388. The predicted octanol–water partition coefficient (Wildman–Crippen LogP) is 5.47. The van der Waals surface area contributed by atoms with Crippen molar-refractivity contribution in [2.24, 2.45) is 0 Å². The zero-order valence-corrected chi connectivity index (χ0v) is 19.1. The van der Waals surface area contributed by atoms with Crippen LogP contribution in [-0.2, 0) is 17.6 Å². The molecule has 2 heterocycles. The molecular weight excluding hydrogens is 431 g/mol. The monoisotopic (exact) mass is 456 g/mol. The number of aromatic nitrogens is 2. The van der Waals surface area contributed by atoms with Crippen LogP contribution in [-0.4, -0.2) is 33.6 Å². The molecule has 0 saturated carbocycles. The maximum atomic E-state index is 12.8. The molecule has 1 aliphatic rings. The van der Waals surface area contributed by atoms with Gasteiger partial charge in [0.25, 0.3) is 0 Å². The first-order valence-corrected chi connectivity index (χ1v) is 11.5. The van der Waals surface area contributed by atoms with E-state index in [1.807, 2.05) is 53.5 Å². The summed E-state index contributed by atoms with van der Waals surface area (Å²) >= 11 is 12.6. The van der Waals surface area contributed by atoms with Crippen molar-refractivity contribution in [3.05, 3.63) is 70.0 Å². The van der Waals surface area contributed by atoms with Crippen LogP contribution < -0.4 is 5.43 Å². The van der Waals surface area contributed by atoms with Crippen molar-refractivity contribution < 1.29 is 4.79 Å². The first-order chi connectivity index (χ1) is 15.1. The fourth-order valence-electron chi connectivity index (χ4n) is 4.07. The third-order valence-electron chi connectivity index (χ3n) is 5.56. The third kappa shape index (κ3) is 4.95. The lowest BCUT2D eigenvalue weighted by Gasteiger charge is -2.26. The molecule has 7 heteroatoms. The van der Waals surface area contributed by atoms with Gasteiger partial charge >= 0.3 is 0 Å². The molecule has 1 aromatic heterocycles. The normalized spacial score (nSPS) is 14.5. The molecule has 0 aliphatic carbocycles. The quantitative estimate of drug-likeness (QED) is 0.534. The van der Waals surface area contributed by atoms with Crippen LogP contribution in [0.3, 0.4) is 0 Å². The van der Waals surface area contributed by atoms with Gasteiger partial charge in [-0.3, -0.25) is 14.8 Å². The van der Waals surface area contributed by atoms with Crippen LogP contribution >= 0.6 is 23.2 Å². The van der Waals surface area contributed by atoms with Gasteiger partial charge in [-0.25, -0.2) is 9.99 Å². The van der Waals surface area contributed by atoms with Crippen molar-refractivity contribution in [2.75, 3.05) is 13.1 Å². The molecule has 0 unspecified atom stereocenters. The van der Waals surface area contributed by atoms with Gasteiger partial charge in [0.1, 0.15) is 5.82 Å². The molecule has 2 aromatic carbocycles. The van der Waals surface area contributed by atoms with E-state index in [9.17, 15) is 4.79 Å². The smallest absolute Gasteiger partial charge is 0.240 e. The highest BCUT2D eigenvalue weighted by Gasteiger charge is 2.22. The molecule has 1 aliphatic heterocycles. The Bertz CT molecular complexity index is 1060. The molecule has 0 spiro atoms. The molecule has 0 radical (unpaired) electrons. The highest BCUT2D eigenvalue weighted by Crippen LogP contribution is 2.32. The number of nitrogens with one attached hydrogen (secondary N) is 1. The molecule has 31 heavy (non-hydrogen) atoms. The first kappa shape index (κ1) is 21.9. The topological polar surface area (TPSA) is 50.2 Å². The van der Waals surface area contributed by atoms with Crippen LogP contribution in [0.2, 0.25) is 10.0 Å². The maximum absolute atomic E-state index is 12.8. The molecule has 3 aromatic rings. The van der Waals surface area contributed by atoms with Gasteiger partial charge in [0.2, 0.25) is 5.91 Å². The fraction of sp³-hybridized carbons (Fsp3) is 0.333. The number of carbonyl (C=O) groups excluding carboxylic acids is 1. The van der Waals surface area contributed by atoms with Crippen LogP contribution in [0.25, 0.3) is 17.1 Å². The lowest BCUT2D eigenvalue weighted by atomic mass is 10.1. The Kier molecular flexibility index (Phi) is 6.96. The van der Waals surface area contributed by atoms with Crippen molar-refractivity contribution in [1.82, 2.24) is 20.0 Å². The van der Waals surface area contributed by atoms with Gasteiger partial charge < -0.3 is 0 Å². The largest absolute Gasteiger partial charge is 0.296 e. The van der Waals surface area contributed by atoms with Gasteiger partial charge in [0, 0.05) is 35.1 Å². The van der Waals surface area contributed by atoms with E-state index in [0.717, 1.165) is 60.8 Å². The molecule has 1 saturated heterocycles. The fourth-order valence-corrected chi connectivity index (χ4v) is 4.41. The number of hydrogen-bond acceptors (Lipinski definition) is 3. The Balaban J connectivity index is 1.73. The van der Waals surface area contributed by atoms with Gasteiger partial charge in [-0.05, 0) is 55.7 Å². The SMILES string of the molecule is CCc1c(CC(=O)NN2CCCCC2)nc(-c2ccccc2Cl)n1-c1ccc(Cl)cc1. The Hall–Kier alpha value is -2.34. The van der Waals surface area contributed by atoms with Crippen LogP contribution in [0.4, 0.5) is 0 Å². The molecule has 1 N–H and O–H groups in total. The summed E-state index contributed by atoms with van der Waals surface area (Å²) in [6.07, 6.45) is 4.40. The number of hydrazine groups is 1. The van der Waals surface area contributed by atoms with Crippen molar-refractivity contribution in [3.63, 3.8) is 0 Å². The summed E-state index contributed by atoms with van der Waals surface area (Å²) in [5.41, 5.74) is 6.57. The van der Waals surface area contributed by atoms with Crippen LogP contribution in [0.15, 0.2) is 48.5 Å². The van der Waals surface area contributed by atoms with Crippen LogP contribution in [0.1, 0.15) is 37.6 Å². The average molecular weight is 457 g/mol. The van der Waals surface area contributed by atoms with E-state index >= 15 is 0 Å². The van der Waals surface area contributed by atoms with Gasteiger partial charge in [-0.15, -0.1) is 0 Å². The summed E-state index contributed by atoms with van der Waals surface area (Å²) in [7, 11) is 0. The zero-order valence-electron chi connectivity index (χ0n) is 17.6. The van der Waals surface area contributed by atoms with E-state index in [1.165, 1.54) is 6.42 Å². The molecule has 1 fully saturated rings. The molecule has 1 amide bonds. The van der Waals surface area contributed by atoms with Crippen LogP contribution in [0, 0.1) is 0 Å². The van der Waals surface area contributed by atoms with E-state index in [-0.39, 0.29) is 12.3 Å². The number of carbonyl (C=O) groups is 1. The molecule has 5 nitrogen and oxygen atoms in total. The summed E-state index contributed by atoms with van der Waals surface area (Å²) in [6, 6.07) is 15.3. The summed E-state index contributed by atoms with van der Waals surface area (Å²) in [4.78, 5) is 17.7. The molecule has 4 rings (SSSR count). The number of piperidine rings is 1. The number of rotatable bonds is 6. The Labute approximate surface area is 193 Å². The predicted molar refractivity (Wildman–Crippen MR) is 126 cm³/mol. The maximum Gasteiger partial charge on any atom is 0.240 e. The van der Waals surface area contributed by atoms with Crippen molar-refractivity contribution in [3.8, 4) is 17.1 Å². The molecular formula is C24H26Cl2N4O. The second kappa shape index (κ2) is 9.86. The second-order valence-electron chi connectivity index (χ2n) is 7.73. The minimum Gasteiger partial charge on any atom is -0.296 e. The van der Waals surface area contributed by atoms with E-state index < -0.39 is 0 Å². The average Bonchev–Trinajstić information content (AvgIpc) is 3.13. The highest BCUT2D eigenvalue weighted by atomic mass is 35.5. The zero-order chi connectivity index (χ0) is 21.8. The summed E-state index contributed by atoms with van der Waals surface area (Å²) in [5, 5.41) is 3.31. The number of benzene rings is 2. The highest BCUT2D eigenvalue weighted by molar-refractivity contribution is 6.33. The number of amides is 1. The Morgan fingerprint density at radius 3 is 2.42 bits per heavy atom. The van der Waals surface area contributed by atoms with Crippen molar-refractivity contribution >= 4 is 29.1 Å².